The van der Waals surface area contributed by atoms with E-state index < -0.39 is 0 Å². The van der Waals surface area contributed by atoms with Crippen molar-refractivity contribution in [3.63, 3.8) is 0 Å². The van der Waals surface area contributed by atoms with E-state index in [1.807, 2.05) is 0 Å². The highest BCUT2D eigenvalue weighted by molar-refractivity contribution is 5.83. The number of hydrogen-bond acceptors (Lipinski definition) is 2. The molecule has 2 N–H and O–H groups in total. The van der Waals surface area contributed by atoms with Gasteiger partial charge in [-0.25, -0.2) is 0 Å². The molecule has 3 rings (SSSR count). The molecule has 0 radical (unpaired) electrons. The molecule has 1 saturated heterocycles. The molecule has 3 fully saturated rings. The van der Waals surface area contributed by atoms with Gasteiger partial charge in [0.05, 0.1) is 6.04 Å². The lowest BCUT2D eigenvalue weighted by atomic mass is 10.1. The van der Waals surface area contributed by atoms with Gasteiger partial charge in [0.2, 0.25) is 5.91 Å². The van der Waals surface area contributed by atoms with Crippen LogP contribution in [0.5, 0.6) is 0 Å². The third-order valence-electron chi connectivity index (χ3n) is 3.63. The fourth-order valence-electron chi connectivity index (χ4n) is 2.33. The summed E-state index contributed by atoms with van der Waals surface area (Å²) in [5.41, 5.74) is 0. The van der Waals surface area contributed by atoms with Crippen molar-refractivity contribution in [1.29, 1.82) is 0 Å². The third kappa shape index (κ3) is 1.35. The molecule has 2 saturated carbocycles. The molecule has 1 amide bonds. The van der Waals surface area contributed by atoms with E-state index in [0.717, 1.165) is 12.3 Å². The first-order chi connectivity index (χ1) is 6.24. The fraction of sp³-hybridized carbons (Fsp3) is 0.900. The summed E-state index contributed by atoms with van der Waals surface area (Å²) in [6.45, 7) is 2.19. The van der Waals surface area contributed by atoms with Crippen LogP contribution in [0.3, 0.4) is 0 Å². The molecular formula is C10H16N2O. The highest BCUT2D eigenvalue weighted by Gasteiger charge is 2.48. The normalized spacial score (nSPS) is 51.3. The number of rotatable bonds is 2. The summed E-state index contributed by atoms with van der Waals surface area (Å²) in [6.07, 6.45) is 3.53. The van der Waals surface area contributed by atoms with Gasteiger partial charge in [-0.15, -0.1) is 0 Å². The van der Waals surface area contributed by atoms with Gasteiger partial charge >= 0.3 is 0 Å². The van der Waals surface area contributed by atoms with Gasteiger partial charge in [0, 0.05) is 12.1 Å². The number of carbonyl (C=O) groups excluding carboxylic acids is 1. The third-order valence-corrected chi connectivity index (χ3v) is 3.63. The Morgan fingerprint density at radius 2 is 2.15 bits per heavy atom. The molecule has 0 spiro atoms. The molecule has 3 heteroatoms. The summed E-state index contributed by atoms with van der Waals surface area (Å²) < 4.78 is 0. The minimum atomic E-state index is 0.122. The van der Waals surface area contributed by atoms with Crippen molar-refractivity contribution in [2.24, 2.45) is 11.8 Å². The van der Waals surface area contributed by atoms with Crippen LogP contribution in [0.2, 0.25) is 0 Å². The second-order valence-electron chi connectivity index (χ2n) is 4.89. The van der Waals surface area contributed by atoms with E-state index in [1.54, 1.807) is 0 Å². The smallest absolute Gasteiger partial charge is 0.237 e. The van der Waals surface area contributed by atoms with Crippen LogP contribution >= 0.6 is 0 Å². The van der Waals surface area contributed by atoms with Crippen molar-refractivity contribution in [3.8, 4) is 0 Å². The Morgan fingerprint density at radius 1 is 1.38 bits per heavy atom. The van der Waals surface area contributed by atoms with Crippen molar-refractivity contribution in [3.05, 3.63) is 0 Å². The molecule has 2 unspecified atom stereocenters. The molecule has 72 valence electrons. The largest absolute Gasteiger partial charge is 0.352 e. The monoisotopic (exact) mass is 180 g/mol. The van der Waals surface area contributed by atoms with Gasteiger partial charge in [-0.05, 0) is 31.1 Å². The van der Waals surface area contributed by atoms with E-state index >= 15 is 0 Å². The average Bonchev–Trinajstić information content (AvgIpc) is 2.95. The molecule has 0 aromatic rings. The second kappa shape index (κ2) is 2.47. The zero-order valence-corrected chi connectivity index (χ0v) is 7.92. The van der Waals surface area contributed by atoms with E-state index in [0.29, 0.717) is 18.0 Å². The van der Waals surface area contributed by atoms with Crippen LogP contribution in [0.4, 0.5) is 0 Å². The summed E-state index contributed by atoms with van der Waals surface area (Å²) in [5, 5.41) is 6.45. The van der Waals surface area contributed by atoms with E-state index in [-0.39, 0.29) is 11.9 Å². The molecule has 3 aliphatic rings. The van der Waals surface area contributed by atoms with Gasteiger partial charge in [-0.3, -0.25) is 4.79 Å². The van der Waals surface area contributed by atoms with E-state index in [2.05, 4.69) is 17.6 Å². The Kier molecular flexibility index (Phi) is 1.48. The molecule has 1 heterocycles. The van der Waals surface area contributed by atoms with Crippen LogP contribution in [0.1, 0.15) is 26.2 Å². The molecule has 13 heavy (non-hydrogen) atoms. The lowest BCUT2D eigenvalue weighted by Gasteiger charge is -2.12. The predicted octanol–water partition coefficient (Wildman–Crippen LogP) is 0.261. The number of piperidine rings is 1. The molecule has 5 atom stereocenters. The van der Waals surface area contributed by atoms with Gasteiger partial charge < -0.3 is 10.6 Å². The van der Waals surface area contributed by atoms with Crippen molar-refractivity contribution in [2.75, 3.05) is 0 Å². The molecule has 1 aliphatic heterocycles. The minimum Gasteiger partial charge on any atom is -0.352 e. The first kappa shape index (κ1) is 7.80. The first-order valence-corrected chi connectivity index (χ1v) is 5.30. The van der Waals surface area contributed by atoms with Gasteiger partial charge in [0.15, 0.2) is 0 Å². The molecule has 0 bridgehead atoms. The average molecular weight is 180 g/mol. The van der Waals surface area contributed by atoms with Crippen molar-refractivity contribution < 1.29 is 4.79 Å². The Bertz CT molecular complexity index is 243. The second-order valence-corrected chi connectivity index (χ2v) is 4.89. The fourth-order valence-corrected chi connectivity index (χ4v) is 2.33. The van der Waals surface area contributed by atoms with Crippen molar-refractivity contribution in [2.45, 2.75) is 44.3 Å². The number of hydrogen-bond donors (Lipinski definition) is 2. The zero-order valence-electron chi connectivity index (χ0n) is 7.92. The highest BCUT2D eigenvalue weighted by Crippen LogP contribution is 2.41. The lowest BCUT2D eigenvalue weighted by Crippen LogP contribution is -2.43. The summed E-state index contributed by atoms with van der Waals surface area (Å²) in [5.74, 6) is 1.76. The summed E-state index contributed by atoms with van der Waals surface area (Å²) in [7, 11) is 0. The first-order valence-electron chi connectivity index (χ1n) is 5.30. The van der Waals surface area contributed by atoms with Crippen molar-refractivity contribution in [1.82, 2.24) is 10.6 Å². The minimum absolute atomic E-state index is 0.122. The molecule has 2 aliphatic carbocycles. The molecule has 0 aromatic heterocycles. The Labute approximate surface area is 78.3 Å². The predicted molar refractivity (Wildman–Crippen MR) is 49.1 cm³/mol. The molecule has 0 aromatic carbocycles. The summed E-state index contributed by atoms with van der Waals surface area (Å²) in [4.78, 5) is 11.6. The maximum Gasteiger partial charge on any atom is 0.237 e. The number of amides is 1. The molecular weight excluding hydrogens is 164 g/mol. The Morgan fingerprint density at radius 3 is 2.69 bits per heavy atom. The van der Waals surface area contributed by atoms with Gasteiger partial charge in [-0.2, -0.15) is 0 Å². The number of nitrogens with one attached hydrogen (secondary N) is 2. The van der Waals surface area contributed by atoms with Crippen LogP contribution in [-0.4, -0.2) is 24.0 Å². The number of fused-ring (bicyclic) bond motifs is 1. The van der Waals surface area contributed by atoms with Crippen LogP contribution < -0.4 is 10.6 Å². The maximum atomic E-state index is 11.6. The SMILES string of the molecule is CC1CC1NC(=O)[C@@H]1C[C@H]2C[C@H]2N1. The van der Waals surface area contributed by atoms with E-state index in [1.165, 1.54) is 12.8 Å². The van der Waals surface area contributed by atoms with Crippen LogP contribution in [0.25, 0.3) is 0 Å². The lowest BCUT2D eigenvalue weighted by molar-refractivity contribution is -0.123. The molecule has 3 nitrogen and oxygen atoms in total. The van der Waals surface area contributed by atoms with E-state index in [4.69, 9.17) is 0 Å². The quantitative estimate of drug-likeness (QED) is 0.640. The van der Waals surface area contributed by atoms with Crippen LogP contribution in [0.15, 0.2) is 0 Å². The zero-order chi connectivity index (χ0) is 9.00. The topological polar surface area (TPSA) is 41.1 Å². The Hall–Kier alpha value is -0.570. The van der Waals surface area contributed by atoms with Gasteiger partial charge in [-0.1, -0.05) is 6.92 Å². The van der Waals surface area contributed by atoms with E-state index in [9.17, 15) is 4.79 Å². The standard InChI is InChI=1S/C10H16N2O/c1-5-2-7(5)12-10(13)9-4-6-3-8(6)11-9/h5-9,11H,2-4H2,1H3,(H,12,13)/t5?,6-,7?,8-,9+/m1/s1. The number of carbonyl (C=O) groups is 1. The van der Waals surface area contributed by atoms with Crippen LogP contribution in [-0.2, 0) is 4.79 Å². The van der Waals surface area contributed by atoms with Crippen LogP contribution in [0, 0.1) is 11.8 Å². The Balaban J connectivity index is 1.51. The highest BCUT2D eigenvalue weighted by atomic mass is 16.2. The van der Waals surface area contributed by atoms with Crippen molar-refractivity contribution >= 4 is 5.91 Å². The summed E-state index contributed by atoms with van der Waals surface area (Å²) >= 11 is 0. The van der Waals surface area contributed by atoms with Gasteiger partial charge in [0.25, 0.3) is 0 Å². The maximum absolute atomic E-state index is 11.6. The van der Waals surface area contributed by atoms with Gasteiger partial charge in [0.1, 0.15) is 0 Å². The summed E-state index contributed by atoms with van der Waals surface area (Å²) in [6, 6.07) is 1.27.